The van der Waals surface area contributed by atoms with Crippen molar-refractivity contribution in [2.45, 2.75) is 91.1 Å². The molecular weight excluding hydrogens is 248 g/mol. The monoisotopic (exact) mass is 282 g/mol. The summed E-state index contributed by atoms with van der Waals surface area (Å²) >= 11 is 0. The Labute approximate surface area is 126 Å². The normalized spacial score (nSPS) is 13.0. The van der Waals surface area contributed by atoms with Crippen molar-refractivity contribution in [1.82, 2.24) is 0 Å². The smallest absolute Gasteiger partial charge is 0.309 e. The van der Waals surface area contributed by atoms with Gasteiger partial charge in [-0.05, 0) is 33.6 Å². The zero-order valence-electron chi connectivity index (χ0n) is 14.0. The van der Waals surface area contributed by atoms with Crippen LogP contribution in [0.15, 0.2) is 12.7 Å². The molecular formula is C18H34O2. The maximum absolute atomic E-state index is 12.1. The van der Waals surface area contributed by atoms with Gasteiger partial charge in [0.25, 0.3) is 0 Å². The molecule has 1 unspecified atom stereocenters. The van der Waals surface area contributed by atoms with E-state index in [1.54, 1.807) is 0 Å². The molecule has 0 aliphatic carbocycles. The summed E-state index contributed by atoms with van der Waals surface area (Å²) < 4.78 is 5.48. The molecule has 0 aliphatic rings. The molecule has 0 heterocycles. The molecule has 0 aromatic carbocycles. The molecule has 118 valence electrons. The number of esters is 1. The average molecular weight is 282 g/mol. The zero-order chi connectivity index (χ0) is 15.4. The number of carbonyl (C=O) groups excluding carboxylic acids is 1. The van der Waals surface area contributed by atoms with E-state index in [9.17, 15) is 4.79 Å². The van der Waals surface area contributed by atoms with Crippen LogP contribution in [0.4, 0.5) is 0 Å². The van der Waals surface area contributed by atoms with Gasteiger partial charge in [-0.1, -0.05) is 57.9 Å². The summed E-state index contributed by atoms with van der Waals surface area (Å²) in [7, 11) is 0. The molecule has 2 heteroatoms. The summed E-state index contributed by atoms with van der Waals surface area (Å²) in [6.07, 6.45) is 12.4. The first kappa shape index (κ1) is 19.2. The molecule has 0 N–H and O–H groups in total. The number of hydrogen-bond donors (Lipinski definition) is 0. The lowest BCUT2D eigenvalue weighted by Gasteiger charge is -2.23. The summed E-state index contributed by atoms with van der Waals surface area (Å²) in [5.74, 6) is -0.0780. The summed E-state index contributed by atoms with van der Waals surface area (Å²) in [6.45, 7) is 11.7. The number of hydrogen-bond acceptors (Lipinski definition) is 2. The average Bonchev–Trinajstić information content (AvgIpc) is 2.34. The van der Waals surface area contributed by atoms with Crippen molar-refractivity contribution in [3.05, 3.63) is 12.7 Å². The predicted octanol–water partition coefficient (Wildman–Crippen LogP) is 5.66. The fraction of sp³-hybridized carbons (Fsp3) is 0.833. The third-order valence-electron chi connectivity index (χ3n) is 3.35. The molecule has 0 aromatic rings. The van der Waals surface area contributed by atoms with Gasteiger partial charge in [-0.15, -0.1) is 6.58 Å². The molecule has 0 amide bonds. The fourth-order valence-corrected chi connectivity index (χ4v) is 2.27. The van der Waals surface area contributed by atoms with E-state index < -0.39 is 5.60 Å². The topological polar surface area (TPSA) is 26.3 Å². The Kier molecular flexibility index (Phi) is 10.5. The van der Waals surface area contributed by atoms with Crippen molar-refractivity contribution in [2.75, 3.05) is 0 Å². The number of ether oxygens (including phenoxy) is 1. The Morgan fingerprint density at radius 3 is 2.15 bits per heavy atom. The molecule has 0 saturated heterocycles. The van der Waals surface area contributed by atoms with Crippen molar-refractivity contribution < 1.29 is 9.53 Å². The lowest BCUT2D eigenvalue weighted by Crippen LogP contribution is -2.28. The van der Waals surface area contributed by atoms with Crippen molar-refractivity contribution in [3.8, 4) is 0 Å². The van der Waals surface area contributed by atoms with E-state index in [2.05, 4.69) is 13.5 Å². The highest BCUT2D eigenvalue weighted by atomic mass is 16.6. The predicted molar refractivity (Wildman–Crippen MR) is 86.8 cm³/mol. The Morgan fingerprint density at radius 2 is 1.65 bits per heavy atom. The summed E-state index contributed by atoms with van der Waals surface area (Å²) in [5.41, 5.74) is -0.392. The van der Waals surface area contributed by atoms with E-state index in [1.165, 1.54) is 38.5 Å². The standard InChI is InChI=1S/C18H34O2/c1-6-8-9-10-11-12-13-15-16(14-7-2)17(19)20-18(3,4)5/h7,16H,2,6,8-15H2,1,3-5H3. The van der Waals surface area contributed by atoms with E-state index in [0.717, 1.165) is 19.3 Å². The highest BCUT2D eigenvalue weighted by Gasteiger charge is 2.23. The van der Waals surface area contributed by atoms with Crippen LogP contribution in [0.2, 0.25) is 0 Å². The van der Waals surface area contributed by atoms with Gasteiger partial charge in [0.1, 0.15) is 5.60 Å². The van der Waals surface area contributed by atoms with Gasteiger partial charge in [-0.3, -0.25) is 4.79 Å². The van der Waals surface area contributed by atoms with Gasteiger partial charge < -0.3 is 4.74 Å². The van der Waals surface area contributed by atoms with Crippen LogP contribution >= 0.6 is 0 Å². The first-order chi connectivity index (χ1) is 9.40. The number of allylic oxidation sites excluding steroid dienone is 1. The van der Waals surface area contributed by atoms with E-state index >= 15 is 0 Å². The highest BCUT2D eigenvalue weighted by Crippen LogP contribution is 2.20. The maximum Gasteiger partial charge on any atom is 0.309 e. The Bertz CT molecular complexity index is 263. The van der Waals surface area contributed by atoms with Crippen LogP contribution in [-0.2, 0) is 9.53 Å². The van der Waals surface area contributed by atoms with Crippen LogP contribution in [0.5, 0.6) is 0 Å². The van der Waals surface area contributed by atoms with Crippen molar-refractivity contribution in [1.29, 1.82) is 0 Å². The summed E-state index contributed by atoms with van der Waals surface area (Å²) in [5, 5.41) is 0. The van der Waals surface area contributed by atoms with Crippen LogP contribution < -0.4 is 0 Å². The third kappa shape index (κ3) is 11.1. The Morgan fingerprint density at radius 1 is 1.10 bits per heavy atom. The second-order valence-corrected chi connectivity index (χ2v) is 6.66. The zero-order valence-corrected chi connectivity index (χ0v) is 14.0. The summed E-state index contributed by atoms with van der Waals surface area (Å²) in [4.78, 5) is 12.1. The number of rotatable bonds is 11. The molecule has 0 fully saturated rings. The van der Waals surface area contributed by atoms with Gasteiger partial charge in [0, 0.05) is 0 Å². The molecule has 0 aromatic heterocycles. The molecule has 0 spiro atoms. The Balaban J connectivity index is 3.90. The van der Waals surface area contributed by atoms with Gasteiger partial charge in [0.2, 0.25) is 0 Å². The van der Waals surface area contributed by atoms with Gasteiger partial charge in [-0.25, -0.2) is 0 Å². The first-order valence-corrected chi connectivity index (χ1v) is 8.24. The largest absolute Gasteiger partial charge is 0.460 e. The van der Waals surface area contributed by atoms with Crippen molar-refractivity contribution in [2.24, 2.45) is 5.92 Å². The van der Waals surface area contributed by atoms with Gasteiger partial charge in [0.15, 0.2) is 0 Å². The van der Waals surface area contributed by atoms with Gasteiger partial charge in [-0.2, -0.15) is 0 Å². The van der Waals surface area contributed by atoms with Gasteiger partial charge >= 0.3 is 5.97 Å². The minimum atomic E-state index is -0.392. The number of unbranched alkanes of at least 4 members (excludes halogenated alkanes) is 6. The highest BCUT2D eigenvalue weighted by molar-refractivity contribution is 5.73. The minimum absolute atomic E-state index is 0.0117. The van der Waals surface area contributed by atoms with Crippen LogP contribution in [0, 0.1) is 5.92 Å². The van der Waals surface area contributed by atoms with E-state index in [4.69, 9.17) is 4.74 Å². The molecule has 20 heavy (non-hydrogen) atoms. The van der Waals surface area contributed by atoms with Crippen LogP contribution in [0.25, 0.3) is 0 Å². The van der Waals surface area contributed by atoms with Crippen LogP contribution in [0.1, 0.15) is 85.5 Å². The fourth-order valence-electron chi connectivity index (χ4n) is 2.27. The maximum atomic E-state index is 12.1. The second-order valence-electron chi connectivity index (χ2n) is 6.66. The molecule has 0 radical (unpaired) electrons. The number of carbonyl (C=O) groups is 1. The van der Waals surface area contributed by atoms with E-state index in [0.29, 0.717) is 0 Å². The molecule has 0 rings (SSSR count). The van der Waals surface area contributed by atoms with Crippen LogP contribution in [0.3, 0.4) is 0 Å². The second kappa shape index (κ2) is 10.9. The SMILES string of the molecule is C=CCC(CCCCCCCCC)C(=O)OC(C)(C)C. The van der Waals surface area contributed by atoms with Gasteiger partial charge in [0.05, 0.1) is 5.92 Å². The van der Waals surface area contributed by atoms with E-state index in [1.807, 2.05) is 26.8 Å². The van der Waals surface area contributed by atoms with Crippen molar-refractivity contribution >= 4 is 5.97 Å². The molecule has 2 nitrogen and oxygen atoms in total. The van der Waals surface area contributed by atoms with E-state index in [-0.39, 0.29) is 11.9 Å². The lowest BCUT2D eigenvalue weighted by atomic mass is 9.97. The lowest BCUT2D eigenvalue weighted by molar-refractivity contribution is -0.160. The molecule has 0 bridgehead atoms. The summed E-state index contributed by atoms with van der Waals surface area (Å²) in [6, 6.07) is 0. The molecule has 0 saturated carbocycles. The minimum Gasteiger partial charge on any atom is -0.460 e. The molecule has 1 atom stereocenters. The third-order valence-corrected chi connectivity index (χ3v) is 3.35. The Hall–Kier alpha value is -0.790. The van der Waals surface area contributed by atoms with Crippen molar-refractivity contribution in [3.63, 3.8) is 0 Å². The first-order valence-electron chi connectivity index (χ1n) is 8.24. The quantitative estimate of drug-likeness (QED) is 0.277. The molecule has 0 aliphatic heterocycles. The van der Waals surface area contributed by atoms with Crippen LogP contribution in [-0.4, -0.2) is 11.6 Å².